The summed E-state index contributed by atoms with van der Waals surface area (Å²) in [6.07, 6.45) is -3.91. The Labute approximate surface area is 149 Å². The van der Waals surface area contributed by atoms with Gasteiger partial charge in [-0.3, -0.25) is 9.59 Å². The number of carbonyl (C=O) groups is 2. The predicted octanol–water partition coefficient (Wildman–Crippen LogP) is 2.38. The van der Waals surface area contributed by atoms with Crippen LogP contribution >= 0.6 is 0 Å². The second-order valence-electron chi connectivity index (χ2n) is 6.91. The van der Waals surface area contributed by atoms with Crippen molar-refractivity contribution >= 4 is 11.8 Å². The molecule has 0 saturated carbocycles. The summed E-state index contributed by atoms with van der Waals surface area (Å²) >= 11 is 0. The Morgan fingerprint density at radius 2 is 1.88 bits per heavy atom. The Kier molecular flexibility index (Phi) is 6.25. The maximum Gasteiger partial charge on any atom is 0.471 e. The summed E-state index contributed by atoms with van der Waals surface area (Å²) in [6.45, 7) is 5.45. The number of amides is 2. The zero-order chi connectivity index (χ0) is 19.5. The molecule has 1 fully saturated rings. The Hall–Kier alpha value is -2.13. The van der Waals surface area contributed by atoms with Crippen molar-refractivity contribution in [1.29, 1.82) is 0 Å². The monoisotopic (exact) mass is 376 g/mol. The Balaban J connectivity index is 1.95. The number of piperidine rings is 1. The van der Waals surface area contributed by atoms with E-state index >= 15 is 0 Å². The molecule has 2 heterocycles. The smallest absolute Gasteiger partial charge is 0.423 e. The number of likely N-dealkylation sites (tertiary alicyclic amines) is 1. The minimum Gasteiger partial charge on any atom is -0.423 e. The minimum atomic E-state index is -4.88. The molecule has 1 aromatic rings. The summed E-state index contributed by atoms with van der Waals surface area (Å²) in [4.78, 5) is 24.5. The number of aromatic nitrogens is 2. The van der Waals surface area contributed by atoms with E-state index in [0.717, 1.165) is 4.90 Å². The fourth-order valence-electron chi connectivity index (χ4n) is 2.96. The molecule has 1 unspecified atom stereocenters. The van der Waals surface area contributed by atoms with Crippen LogP contribution in [0.5, 0.6) is 0 Å². The van der Waals surface area contributed by atoms with Gasteiger partial charge in [-0.1, -0.05) is 13.8 Å². The van der Waals surface area contributed by atoms with Crippen molar-refractivity contribution in [3.63, 3.8) is 0 Å². The van der Waals surface area contributed by atoms with Gasteiger partial charge in [0.25, 0.3) is 0 Å². The molecule has 0 spiro atoms. The van der Waals surface area contributed by atoms with Crippen molar-refractivity contribution in [2.45, 2.75) is 52.3 Å². The number of carbonyl (C=O) groups excluding carboxylic acids is 2. The molecule has 0 radical (unpaired) electrons. The van der Waals surface area contributed by atoms with E-state index in [0.29, 0.717) is 18.2 Å². The molecule has 1 atom stereocenters. The van der Waals surface area contributed by atoms with Gasteiger partial charge >= 0.3 is 12.1 Å². The molecule has 1 aliphatic rings. The molecule has 0 aromatic carbocycles. The molecule has 2 amide bonds. The average molecular weight is 376 g/mol. The Morgan fingerprint density at radius 3 is 2.35 bits per heavy atom. The number of nitrogens with one attached hydrogen (secondary N) is 1. The van der Waals surface area contributed by atoms with E-state index in [-0.39, 0.29) is 37.8 Å². The van der Waals surface area contributed by atoms with Gasteiger partial charge in [-0.2, -0.15) is 13.2 Å². The molecule has 2 rings (SSSR count). The van der Waals surface area contributed by atoms with Crippen LogP contribution in [0.1, 0.15) is 50.9 Å². The van der Waals surface area contributed by atoms with E-state index in [2.05, 4.69) is 15.5 Å². The lowest BCUT2D eigenvalue weighted by molar-refractivity contribution is -0.186. The third kappa shape index (κ3) is 5.18. The summed E-state index contributed by atoms with van der Waals surface area (Å²) < 4.78 is 42.8. The Morgan fingerprint density at radius 1 is 1.27 bits per heavy atom. The van der Waals surface area contributed by atoms with Crippen molar-refractivity contribution in [3.05, 3.63) is 11.8 Å². The van der Waals surface area contributed by atoms with Gasteiger partial charge in [0, 0.05) is 25.9 Å². The van der Waals surface area contributed by atoms with E-state index in [1.54, 1.807) is 6.92 Å². The van der Waals surface area contributed by atoms with Crippen LogP contribution in [0.2, 0.25) is 0 Å². The molecule has 1 N–H and O–H groups in total. The molecule has 26 heavy (non-hydrogen) atoms. The summed E-state index contributed by atoms with van der Waals surface area (Å²) in [7, 11) is 0. The van der Waals surface area contributed by atoms with Crippen molar-refractivity contribution in [2.24, 2.45) is 11.8 Å². The highest BCUT2D eigenvalue weighted by Crippen LogP contribution is 2.26. The number of rotatable bonds is 5. The minimum absolute atomic E-state index is 0.0923. The molecular formula is C16H23F3N4O3. The molecular weight excluding hydrogens is 353 g/mol. The van der Waals surface area contributed by atoms with Gasteiger partial charge in [0.2, 0.25) is 17.7 Å². The van der Waals surface area contributed by atoms with Crippen LogP contribution in [0.4, 0.5) is 13.2 Å². The van der Waals surface area contributed by atoms with Gasteiger partial charge in [0.05, 0.1) is 0 Å². The molecule has 1 aromatic heterocycles. The molecule has 7 nitrogen and oxygen atoms in total. The van der Waals surface area contributed by atoms with Crippen LogP contribution in [0.3, 0.4) is 0 Å². The van der Waals surface area contributed by atoms with Crippen LogP contribution in [-0.2, 0) is 9.59 Å². The second kappa shape index (κ2) is 8.05. The van der Waals surface area contributed by atoms with E-state index < -0.39 is 24.0 Å². The highest BCUT2D eigenvalue weighted by atomic mass is 19.4. The first-order chi connectivity index (χ1) is 12.1. The first-order valence-corrected chi connectivity index (χ1v) is 8.54. The second-order valence-corrected chi connectivity index (χ2v) is 6.91. The number of aryl methyl sites for hydroxylation is 1. The van der Waals surface area contributed by atoms with E-state index in [9.17, 15) is 22.8 Å². The fourth-order valence-corrected chi connectivity index (χ4v) is 2.96. The quantitative estimate of drug-likeness (QED) is 0.852. The SMILES string of the molecule is Cc1nnc(C(CC(C)C)NC(=O)C2CCN(C(=O)C(F)(F)F)CC2)o1. The highest BCUT2D eigenvalue weighted by molar-refractivity contribution is 5.83. The lowest BCUT2D eigenvalue weighted by atomic mass is 9.94. The zero-order valence-electron chi connectivity index (χ0n) is 15.0. The normalized spacial score (nSPS) is 17.4. The van der Waals surface area contributed by atoms with Gasteiger partial charge in [0.15, 0.2) is 0 Å². The molecule has 1 saturated heterocycles. The van der Waals surface area contributed by atoms with Crippen LogP contribution in [-0.4, -0.2) is 46.2 Å². The van der Waals surface area contributed by atoms with Gasteiger partial charge in [0.1, 0.15) is 6.04 Å². The van der Waals surface area contributed by atoms with Crippen LogP contribution < -0.4 is 5.32 Å². The van der Waals surface area contributed by atoms with Gasteiger partial charge in [-0.15, -0.1) is 10.2 Å². The third-order valence-electron chi connectivity index (χ3n) is 4.26. The van der Waals surface area contributed by atoms with Gasteiger partial charge in [-0.25, -0.2) is 0 Å². The molecule has 0 bridgehead atoms. The maximum atomic E-state index is 12.5. The largest absolute Gasteiger partial charge is 0.471 e. The molecule has 146 valence electrons. The van der Waals surface area contributed by atoms with Crippen LogP contribution in [0, 0.1) is 18.8 Å². The zero-order valence-corrected chi connectivity index (χ0v) is 15.0. The summed E-state index contributed by atoms with van der Waals surface area (Å²) in [5, 5.41) is 10.6. The molecule has 0 aliphatic carbocycles. The number of nitrogens with zero attached hydrogens (tertiary/aromatic N) is 3. The van der Waals surface area contributed by atoms with Gasteiger partial charge in [-0.05, 0) is 25.2 Å². The van der Waals surface area contributed by atoms with E-state index in [1.807, 2.05) is 13.8 Å². The summed E-state index contributed by atoms with van der Waals surface area (Å²) in [6, 6.07) is -0.446. The van der Waals surface area contributed by atoms with Crippen molar-refractivity contribution < 1.29 is 27.2 Å². The number of alkyl halides is 3. The predicted molar refractivity (Wildman–Crippen MR) is 84.7 cm³/mol. The number of halogens is 3. The average Bonchev–Trinajstić information content (AvgIpc) is 2.99. The topological polar surface area (TPSA) is 88.3 Å². The Bertz CT molecular complexity index is 637. The summed E-state index contributed by atoms with van der Waals surface area (Å²) in [5.74, 6) is -1.61. The number of hydrogen-bond acceptors (Lipinski definition) is 5. The van der Waals surface area contributed by atoms with Crippen molar-refractivity contribution in [2.75, 3.05) is 13.1 Å². The standard InChI is InChI=1S/C16H23F3N4O3/c1-9(2)8-12(14-22-21-10(3)26-14)20-13(24)11-4-6-23(7-5-11)15(25)16(17,18)19/h9,11-12H,4-8H2,1-3H3,(H,20,24). The highest BCUT2D eigenvalue weighted by Gasteiger charge is 2.43. The van der Waals surface area contributed by atoms with Crippen LogP contribution in [0.25, 0.3) is 0 Å². The van der Waals surface area contributed by atoms with Gasteiger partial charge < -0.3 is 14.6 Å². The lowest BCUT2D eigenvalue weighted by Gasteiger charge is -2.32. The lowest BCUT2D eigenvalue weighted by Crippen LogP contribution is -2.47. The molecule has 1 aliphatic heterocycles. The van der Waals surface area contributed by atoms with Crippen LogP contribution in [0.15, 0.2) is 4.42 Å². The first kappa shape index (κ1) is 20.2. The third-order valence-corrected chi connectivity index (χ3v) is 4.26. The number of hydrogen-bond donors (Lipinski definition) is 1. The fraction of sp³-hybridized carbons (Fsp3) is 0.750. The van der Waals surface area contributed by atoms with Crippen molar-refractivity contribution in [1.82, 2.24) is 20.4 Å². The van der Waals surface area contributed by atoms with Crippen molar-refractivity contribution in [3.8, 4) is 0 Å². The molecule has 10 heteroatoms. The maximum absolute atomic E-state index is 12.5. The van der Waals surface area contributed by atoms with E-state index in [1.165, 1.54) is 0 Å². The first-order valence-electron chi connectivity index (χ1n) is 8.54. The summed E-state index contributed by atoms with van der Waals surface area (Å²) in [5.41, 5.74) is 0. The van der Waals surface area contributed by atoms with E-state index in [4.69, 9.17) is 4.42 Å².